The van der Waals surface area contributed by atoms with Gasteiger partial charge in [-0.15, -0.1) is 0 Å². The number of rotatable bonds is 2. The van der Waals surface area contributed by atoms with Crippen molar-refractivity contribution in [1.82, 2.24) is 0 Å². The number of hydrogen-bond donors (Lipinski definition) is 0. The van der Waals surface area contributed by atoms with Crippen LogP contribution in [0.3, 0.4) is 0 Å². The summed E-state index contributed by atoms with van der Waals surface area (Å²) in [5.74, 6) is 0. The predicted octanol–water partition coefficient (Wildman–Crippen LogP) is 2.17. The summed E-state index contributed by atoms with van der Waals surface area (Å²) in [6, 6.07) is 6.96. The van der Waals surface area contributed by atoms with Gasteiger partial charge in [-0.1, -0.05) is 0 Å². The molecule has 0 saturated carbocycles. The summed E-state index contributed by atoms with van der Waals surface area (Å²) < 4.78 is 60.4. The third-order valence-corrected chi connectivity index (χ3v) is 3.41. The Bertz CT molecular complexity index is 292. The van der Waals surface area contributed by atoms with Crippen LogP contribution in [0, 0.1) is 0 Å². The summed E-state index contributed by atoms with van der Waals surface area (Å²) in [6.45, 7) is 0. The van der Waals surface area contributed by atoms with Crippen molar-refractivity contribution in [3.8, 4) is 0 Å². The molecular weight excluding hydrogens is 270 g/mol. The van der Waals surface area contributed by atoms with Gasteiger partial charge in [0.1, 0.15) is 0 Å². The minimum atomic E-state index is -5.46. The second kappa shape index (κ2) is 3.87. The average Bonchev–Trinajstić information content (AvgIpc) is 2.03. The molecule has 1 aromatic carbocycles. The molecule has 0 aromatic heterocycles. The van der Waals surface area contributed by atoms with E-state index in [-0.39, 0.29) is 4.46 Å². The van der Waals surface area contributed by atoms with E-state index in [4.69, 9.17) is 0 Å². The van der Waals surface area contributed by atoms with Crippen LogP contribution >= 0.6 is 0 Å². The van der Waals surface area contributed by atoms with E-state index in [0.717, 1.165) is 0 Å². The monoisotopic (exact) mass is 276 g/mol. The first-order chi connectivity index (χ1) is 6.33. The summed E-state index contributed by atoms with van der Waals surface area (Å²) in [6.07, 6.45) is -5.46. The first-order valence-electron chi connectivity index (χ1n) is 3.51. The Morgan fingerprint density at radius 2 is 1.36 bits per heavy atom. The predicted molar refractivity (Wildman–Crippen MR) is 42.8 cm³/mol. The van der Waals surface area contributed by atoms with Crippen LogP contribution in [-0.2, 0) is 0 Å². The third-order valence-electron chi connectivity index (χ3n) is 1.32. The molecule has 0 unspecified atom stereocenters. The fourth-order valence-electron chi connectivity index (χ4n) is 0.694. The van der Waals surface area contributed by atoms with Crippen LogP contribution < -0.4 is 4.46 Å². The van der Waals surface area contributed by atoms with Crippen molar-refractivity contribution in [3.63, 3.8) is 0 Å². The zero-order valence-corrected chi connectivity index (χ0v) is 8.40. The maximum absolute atomic E-state index is 12.5. The van der Waals surface area contributed by atoms with Crippen molar-refractivity contribution < 1.29 is 22.0 Å². The van der Waals surface area contributed by atoms with E-state index in [1.54, 1.807) is 6.07 Å². The molecule has 1 rings (SSSR count). The van der Waals surface area contributed by atoms with E-state index in [0.29, 0.717) is 0 Å². The van der Waals surface area contributed by atoms with Crippen LogP contribution in [-0.4, -0.2) is 26.0 Å². The van der Waals surface area contributed by atoms with Crippen LogP contribution in [0.25, 0.3) is 0 Å². The van der Waals surface area contributed by atoms with Crippen LogP contribution in [0.2, 0.25) is 0 Å². The van der Waals surface area contributed by atoms with Gasteiger partial charge in [0.2, 0.25) is 0 Å². The van der Waals surface area contributed by atoms with E-state index >= 15 is 0 Å². The molecule has 0 spiro atoms. The number of alkyl halides is 5. The average molecular weight is 275 g/mol. The molecule has 1 aromatic rings. The maximum atomic E-state index is 12.5. The molecule has 0 aliphatic heterocycles. The standard InChI is InChI=1S/C8H5F5Se/c9-7(10,11)8(12,13)14-6-4-2-1-3-5-6/h1-5H. The number of halogens is 5. The fraction of sp³-hybridized carbons (Fsp3) is 0.250. The molecule has 0 nitrogen and oxygen atoms in total. The Balaban J connectivity index is 2.79. The molecule has 0 amide bonds. The van der Waals surface area contributed by atoms with Crippen LogP contribution in [0.4, 0.5) is 22.0 Å². The zero-order chi connectivity index (χ0) is 10.8. The molecule has 0 aliphatic rings. The van der Waals surface area contributed by atoms with Gasteiger partial charge in [0, 0.05) is 0 Å². The molecule has 0 N–H and O–H groups in total. The first-order valence-corrected chi connectivity index (χ1v) is 5.23. The van der Waals surface area contributed by atoms with Gasteiger partial charge < -0.3 is 0 Å². The Kier molecular flexibility index (Phi) is 3.17. The molecule has 0 atom stereocenters. The fourth-order valence-corrected chi connectivity index (χ4v) is 2.17. The molecule has 78 valence electrons. The third kappa shape index (κ3) is 2.69. The van der Waals surface area contributed by atoms with E-state index in [1.165, 1.54) is 24.3 Å². The second-order valence-electron chi connectivity index (χ2n) is 2.43. The van der Waals surface area contributed by atoms with Crippen molar-refractivity contribution in [3.05, 3.63) is 30.3 Å². The van der Waals surface area contributed by atoms with E-state index in [1.807, 2.05) is 0 Å². The summed E-state index contributed by atoms with van der Waals surface area (Å²) in [5.41, 5.74) is 0. The summed E-state index contributed by atoms with van der Waals surface area (Å²) in [4.78, 5) is -4.60. The van der Waals surface area contributed by atoms with E-state index in [2.05, 4.69) is 0 Å². The van der Waals surface area contributed by atoms with Gasteiger partial charge in [0.05, 0.1) is 0 Å². The van der Waals surface area contributed by atoms with Crippen molar-refractivity contribution in [2.45, 2.75) is 11.0 Å². The van der Waals surface area contributed by atoms with Crippen LogP contribution in [0.1, 0.15) is 0 Å². The van der Waals surface area contributed by atoms with Gasteiger partial charge in [-0.25, -0.2) is 0 Å². The normalized spacial score (nSPS) is 12.9. The van der Waals surface area contributed by atoms with Gasteiger partial charge >= 0.3 is 82.7 Å². The van der Waals surface area contributed by atoms with Crippen molar-refractivity contribution in [1.29, 1.82) is 0 Å². The van der Waals surface area contributed by atoms with Crippen molar-refractivity contribution >= 4 is 19.4 Å². The van der Waals surface area contributed by atoms with Gasteiger partial charge in [0.15, 0.2) is 0 Å². The number of benzene rings is 1. The number of hydrogen-bond acceptors (Lipinski definition) is 0. The molecule has 0 saturated heterocycles. The van der Waals surface area contributed by atoms with Gasteiger partial charge in [-0.05, 0) is 0 Å². The Morgan fingerprint density at radius 3 is 1.79 bits per heavy atom. The van der Waals surface area contributed by atoms with E-state index < -0.39 is 26.0 Å². The van der Waals surface area contributed by atoms with Gasteiger partial charge in [-0.2, -0.15) is 0 Å². The Hall–Kier alpha value is -0.611. The topological polar surface area (TPSA) is 0 Å². The van der Waals surface area contributed by atoms with Gasteiger partial charge in [-0.3, -0.25) is 0 Å². The second-order valence-corrected chi connectivity index (χ2v) is 4.92. The SMILES string of the molecule is FC(F)(F)C(F)(F)[Se]c1ccccc1. The minimum absolute atomic E-state index is 0.0299. The molecule has 0 bridgehead atoms. The first kappa shape index (κ1) is 11.5. The molecule has 0 heterocycles. The van der Waals surface area contributed by atoms with Crippen molar-refractivity contribution in [2.24, 2.45) is 0 Å². The summed E-state index contributed by atoms with van der Waals surface area (Å²) in [5, 5.41) is 0. The molecule has 0 fully saturated rings. The Labute approximate surface area is 83.3 Å². The Morgan fingerprint density at radius 1 is 0.857 bits per heavy atom. The summed E-state index contributed by atoms with van der Waals surface area (Å²) >= 11 is -1.91. The quantitative estimate of drug-likeness (QED) is 0.573. The zero-order valence-electron chi connectivity index (χ0n) is 6.68. The van der Waals surface area contributed by atoms with Crippen LogP contribution in [0.5, 0.6) is 0 Å². The summed E-state index contributed by atoms with van der Waals surface area (Å²) in [7, 11) is 0. The van der Waals surface area contributed by atoms with Crippen molar-refractivity contribution in [2.75, 3.05) is 0 Å². The molecule has 0 radical (unpaired) electrons. The molecule has 14 heavy (non-hydrogen) atoms. The van der Waals surface area contributed by atoms with Crippen LogP contribution in [0.15, 0.2) is 30.3 Å². The van der Waals surface area contributed by atoms with Gasteiger partial charge in [0.25, 0.3) is 0 Å². The molecule has 0 aliphatic carbocycles. The van der Waals surface area contributed by atoms with E-state index in [9.17, 15) is 22.0 Å². The molecule has 6 heteroatoms. The molecular formula is C8H5F5Se.